The minimum Gasteiger partial charge on any atom is -0.492 e. The molecule has 2 aromatic rings. The van der Waals surface area contributed by atoms with Gasteiger partial charge in [-0.1, -0.05) is 0 Å². The van der Waals surface area contributed by atoms with Gasteiger partial charge < -0.3 is 30.8 Å². The van der Waals surface area contributed by atoms with Crippen molar-refractivity contribution in [2.45, 2.75) is 24.9 Å². The second-order valence-corrected chi connectivity index (χ2v) is 7.52. The number of carboxylic acids is 1. The fraction of sp³-hybridized carbons (Fsp3) is 0.474. The van der Waals surface area contributed by atoms with Gasteiger partial charge in [0.1, 0.15) is 11.3 Å². The van der Waals surface area contributed by atoms with E-state index in [0.29, 0.717) is 25.2 Å². The zero-order chi connectivity index (χ0) is 20.2. The zero-order valence-electron chi connectivity index (χ0n) is 15.5. The second kappa shape index (κ2) is 6.75. The first-order chi connectivity index (χ1) is 13.4. The van der Waals surface area contributed by atoms with Crippen molar-refractivity contribution in [2.24, 2.45) is 17.4 Å². The maximum atomic E-state index is 15.1. The lowest BCUT2D eigenvalue weighted by atomic mass is 10.1. The molecule has 5 N–H and O–H groups in total. The Morgan fingerprint density at radius 1 is 1.39 bits per heavy atom. The molecule has 1 aliphatic heterocycles. The number of hydrogen-bond donors (Lipinski definition) is 3. The monoisotopic (exact) mass is 390 g/mol. The third kappa shape index (κ3) is 2.82. The molecule has 2 heterocycles. The van der Waals surface area contributed by atoms with Gasteiger partial charge in [0.15, 0.2) is 11.6 Å². The van der Waals surface area contributed by atoms with Crippen LogP contribution in [0.25, 0.3) is 10.9 Å². The highest BCUT2D eigenvalue weighted by Gasteiger charge is 2.35. The Morgan fingerprint density at radius 2 is 2.11 bits per heavy atom. The molecule has 9 heteroatoms. The molecule has 0 radical (unpaired) electrons. The summed E-state index contributed by atoms with van der Waals surface area (Å²) in [5.41, 5.74) is 11.5. The molecule has 1 aromatic carbocycles. The summed E-state index contributed by atoms with van der Waals surface area (Å²) in [7, 11) is 1.42. The minimum atomic E-state index is -1.33. The third-order valence-electron chi connectivity index (χ3n) is 5.68. The van der Waals surface area contributed by atoms with Crippen LogP contribution < -0.4 is 26.5 Å². The van der Waals surface area contributed by atoms with Gasteiger partial charge in [-0.15, -0.1) is 0 Å². The number of pyridine rings is 1. The van der Waals surface area contributed by atoms with Crippen LogP contribution in [-0.2, 0) is 0 Å². The van der Waals surface area contributed by atoms with Gasteiger partial charge in [0, 0.05) is 37.3 Å². The summed E-state index contributed by atoms with van der Waals surface area (Å²) in [6.45, 7) is 1.29. The lowest BCUT2D eigenvalue weighted by molar-refractivity contribution is 0.0695. The van der Waals surface area contributed by atoms with Crippen LogP contribution >= 0.6 is 0 Å². The number of ether oxygens (including phenoxy) is 1. The van der Waals surface area contributed by atoms with Crippen LogP contribution in [0, 0.1) is 11.7 Å². The van der Waals surface area contributed by atoms with E-state index in [1.807, 2.05) is 0 Å². The van der Waals surface area contributed by atoms with Crippen LogP contribution in [0.4, 0.5) is 10.1 Å². The van der Waals surface area contributed by atoms with Crippen molar-refractivity contribution < 1.29 is 19.0 Å². The Balaban J connectivity index is 2.00. The summed E-state index contributed by atoms with van der Waals surface area (Å²) in [6, 6.07) is 0.984. The van der Waals surface area contributed by atoms with Gasteiger partial charge in [0.25, 0.3) is 0 Å². The van der Waals surface area contributed by atoms with Crippen molar-refractivity contribution in [2.75, 3.05) is 31.6 Å². The van der Waals surface area contributed by atoms with Gasteiger partial charge in [-0.25, -0.2) is 9.18 Å². The SMILES string of the molecule is COc1c(N2CC(N)C(CN)C2)c(F)cc2c(=O)c(C(=O)O)cn(C3CC3)c12. The number of anilines is 1. The first-order valence-corrected chi connectivity index (χ1v) is 9.26. The molecule has 150 valence electrons. The molecule has 2 aliphatic rings. The summed E-state index contributed by atoms with van der Waals surface area (Å²) in [5, 5.41) is 9.39. The number of aromatic nitrogens is 1. The lowest BCUT2D eigenvalue weighted by Gasteiger charge is -2.24. The molecule has 1 saturated carbocycles. The molecule has 0 spiro atoms. The maximum absolute atomic E-state index is 15.1. The van der Waals surface area contributed by atoms with E-state index in [1.54, 1.807) is 9.47 Å². The lowest BCUT2D eigenvalue weighted by Crippen LogP contribution is -2.33. The standard InChI is InChI=1S/C19H23FN4O4/c1-28-18-15-11(17(25)12(19(26)27)7-24(15)10-2-3-10)4-13(20)16(18)23-6-9(5-21)14(22)8-23/h4,7,9-10,14H,2-3,5-6,8,21-22H2,1H3,(H,26,27). The predicted octanol–water partition coefficient (Wildman–Crippen LogP) is 0.904. The van der Waals surface area contributed by atoms with Gasteiger partial charge in [-0.05, 0) is 25.5 Å². The van der Waals surface area contributed by atoms with Crippen molar-refractivity contribution in [3.05, 3.63) is 33.9 Å². The van der Waals surface area contributed by atoms with Crippen LogP contribution in [0.3, 0.4) is 0 Å². The largest absolute Gasteiger partial charge is 0.492 e. The Morgan fingerprint density at radius 3 is 2.64 bits per heavy atom. The molecule has 2 atom stereocenters. The number of fused-ring (bicyclic) bond motifs is 1. The summed E-state index contributed by atoms with van der Waals surface area (Å²) < 4.78 is 22.5. The van der Waals surface area contributed by atoms with Crippen molar-refractivity contribution >= 4 is 22.6 Å². The van der Waals surface area contributed by atoms with Crippen molar-refractivity contribution in [1.82, 2.24) is 4.57 Å². The van der Waals surface area contributed by atoms with Crippen molar-refractivity contribution in [3.8, 4) is 5.75 Å². The average molecular weight is 390 g/mol. The molecule has 0 amide bonds. The Kier molecular flexibility index (Phi) is 4.51. The molecule has 1 aliphatic carbocycles. The Labute approximate surface area is 160 Å². The quantitative estimate of drug-likeness (QED) is 0.693. The predicted molar refractivity (Wildman–Crippen MR) is 103 cm³/mol. The van der Waals surface area contributed by atoms with E-state index >= 15 is 4.39 Å². The second-order valence-electron chi connectivity index (χ2n) is 7.52. The molecular formula is C19H23FN4O4. The number of carbonyl (C=O) groups is 1. The fourth-order valence-corrected chi connectivity index (χ4v) is 4.05. The first kappa shape index (κ1) is 18.7. The molecule has 4 rings (SSSR count). The van der Waals surface area contributed by atoms with Gasteiger partial charge in [-0.2, -0.15) is 0 Å². The first-order valence-electron chi connectivity index (χ1n) is 9.26. The van der Waals surface area contributed by atoms with Gasteiger partial charge in [0.2, 0.25) is 5.43 Å². The normalized spacial score (nSPS) is 22.1. The number of nitrogens with zero attached hydrogens (tertiary/aromatic N) is 2. The summed E-state index contributed by atoms with van der Waals surface area (Å²) in [5.74, 6) is -1.72. The molecule has 0 bridgehead atoms. The van der Waals surface area contributed by atoms with Crippen LogP contribution in [0.2, 0.25) is 0 Å². The molecule has 8 nitrogen and oxygen atoms in total. The molecule has 1 saturated heterocycles. The highest BCUT2D eigenvalue weighted by molar-refractivity contribution is 5.97. The number of benzene rings is 1. The van der Waals surface area contributed by atoms with E-state index in [2.05, 4.69) is 0 Å². The van der Waals surface area contributed by atoms with Crippen LogP contribution in [0.15, 0.2) is 17.1 Å². The number of nitrogens with two attached hydrogens (primary N) is 2. The van der Waals surface area contributed by atoms with E-state index in [4.69, 9.17) is 16.2 Å². The van der Waals surface area contributed by atoms with Gasteiger partial charge in [0.05, 0.1) is 18.0 Å². The summed E-state index contributed by atoms with van der Waals surface area (Å²) >= 11 is 0. The highest BCUT2D eigenvalue weighted by Crippen LogP contribution is 2.44. The number of aromatic carboxylic acids is 1. The zero-order valence-corrected chi connectivity index (χ0v) is 15.5. The maximum Gasteiger partial charge on any atom is 0.341 e. The number of methoxy groups -OCH3 is 1. The number of rotatable bonds is 5. The van der Waals surface area contributed by atoms with Gasteiger partial charge in [-0.3, -0.25) is 4.79 Å². The molecule has 2 fully saturated rings. The van der Waals surface area contributed by atoms with Crippen molar-refractivity contribution in [1.29, 1.82) is 0 Å². The third-order valence-corrected chi connectivity index (χ3v) is 5.68. The fourth-order valence-electron chi connectivity index (χ4n) is 4.05. The smallest absolute Gasteiger partial charge is 0.341 e. The number of carboxylic acid groups (broad SMARTS) is 1. The van der Waals surface area contributed by atoms with Crippen LogP contribution in [0.1, 0.15) is 29.2 Å². The number of halogens is 1. The average Bonchev–Trinajstić information content (AvgIpc) is 3.43. The molecular weight excluding hydrogens is 367 g/mol. The van der Waals surface area contributed by atoms with Crippen LogP contribution in [0.5, 0.6) is 5.75 Å². The molecule has 2 unspecified atom stereocenters. The van der Waals surface area contributed by atoms with Gasteiger partial charge >= 0.3 is 5.97 Å². The Hall–Kier alpha value is -2.65. The van der Waals surface area contributed by atoms with Crippen molar-refractivity contribution in [3.63, 3.8) is 0 Å². The van der Waals surface area contributed by atoms with Crippen LogP contribution in [-0.4, -0.2) is 48.4 Å². The molecule has 28 heavy (non-hydrogen) atoms. The van der Waals surface area contributed by atoms with E-state index in [0.717, 1.165) is 18.9 Å². The van der Waals surface area contributed by atoms with E-state index in [1.165, 1.54) is 13.3 Å². The van der Waals surface area contributed by atoms with E-state index in [9.17, 15) is 14.7 Å². The number of hydrogen-bond acceptors (Lipinski definition) is 6. The Bertz CT molecular complexity index is 1020. The van der Waals surface area contributed by atoms with E-state index in [-0.39, 0.29) is 40.4 Å². The minimum absolute atomic E-state index is 0.00349. The highest BCUT2D eigenvalue weighted by atomic mass is 19.1. The topological polar surface area (TPSA) is 124 Å². The summed E-state index contributed by atoms with van der Waals surface area (Å²) in [4.78, 5) is 26.0. The van der Waals surface area contributed by atoms with E-state index < -0.39 is 17.2 Å². The summed E-state index contributed by atoms with van der Waals surface area (Å²) in [6.07, 6.45) is 3.06. The molecule has 1 aromatic heterocycles.